The van der Waals surface area contributed by atoms with Gasteiger partial charge >= 0.3 is 0 Å². The molecule has 1 aliphatic carbocycles. The van der Waals surface area contributed by atoms with E-state index in [0.717, 1.165) is 22.7 Å². The van der Waals surface area contributed by atoms with E-state index in [1.165, 1.54) is 88.2 Å². The van der Waals surface area contributed by atoms with Gasteiger partial charge in [0.2, 0.25) is 0 Å². The van der Waals surface area contributed by atoms with Crippen LogP contribution in [0.3, 0.4) is 0 Å². The highest BCUT2D eigenvalue weighted by molar-refractivity contribution is 6.11. The highest BCUT2D eigenvalue weighted by atomic mass is 15.1. The maximum absolute atomic E-state index is 2.46. The van der Waals surface area contributed by atoms with Crippen molar-refractivity contribution in [1.29, 1.82) is 0 Å². The number of benzene rings is 11. The molecular formula is C65H44N2. The molecule has 67 heavy (non-hydrogen) atoms. The summed E-state index contributed by atoms with van der Waals surface area (Å²) in [6.45, 7) is 0. The molecule has 12 aromatic rings. The summed E-state index contributed by atoms with van der Waals surface area (Å²) in [4.78, 5) is 2.36. The normalized spacial score (nSPS) is 12.6. The number of anilines is 3. The molecule has 0 amide bonds. The van der Waals surface area contributed by atoms with Crippen LogP contribution < -0.4 is 4.90 Å². The zero-order chi connectivity index (χ0) is 44.3. The molecule has 0 atom stereocenters. The Bertz CT molecular complexity index is 3750. The summed E-state index contributed by atoms with van der Waals surface area (Å²) in [5.74, 6) is 0. The van der Waals surface area contributed by atoms with Crippen molar-refractivity contribution >= 4 is 49.6 Å². The number of hydrogen-bond acceptors (Lipinski definition) is 1. The smallest absolute Gasteiger partial charge is 0.0713 e. The molecule has 0 aliphatic heterocycles. The van der Waals surface area contributed by atoms with Crippen molar-refractivity contribution in [1.82, 2.24) is 4.57 Å². The minimum absolute atomic E-state index is 0.431. The van der Waals surface area contributed by atoms with Crippen LogP contribution in [0.2, 0.25) is 0 Å². The second-order valence-electron chi connectivity index (χ2n) is 17.6. The van der Waals surface area contributed by atoms with Crippen molar-refractivity contribution in [3.05, 3.63) is 289 Å². The van der Waals surface area contributed by atoms with E-state index in [1.54, 1.807) is 0 Å². The van der Waals surface area contributed by atoms with E-state index in [2.05, 4.69) is 276 Å². The van der Waals surface area contributed by atoms with E-state index in [-0.39, 0.29) is 0 Å². The molecule has 0 N–H and O–H groups in total. The maximum Gasteiger partial charge on any atom is 0.0713 e. The van der Waals surface area contributed by atoms with Gasteiger partial charge < -0.3 is 9.47 Å². The second kappa shape index (κ2) is 15.8. The molecule has 0 spiro atoms. The minimum atomic E-state index is -0.431. The Hall–Kier alpha value is -8.72. The molecule has 0 bridgehead atoms. The van der Waals surface area contributed by atoms with Crippen LogP contribution in [0.15, 0.2) is 267 Å². The molecule has 1 heterocycles. The van der Waals surface area contributed by atoms with Gasteiger partial charge in [-0.15, -0.1) is 0 Å². The molecule has 1 aromatic heterocycles. The van der Waals surface area contributed by atoms with Crippen LogP contribution in [0.5, 0.6) is 0 Å². The Morgan fingerprint density at radius 2 is 0.866 bits per heavy atom. The number of aromatic nitrogens is 1. The third kappa shape index (κ3) is 6.18. The van der Waals surface area contributed by atoms with Crippen LogP contribution in [-0.4, -0.2) is 4.57 Å². The van der Waals surface area contributed by atoms with Crippen LogP contribution in [0.1, 0.15) is 22.3 Å². The molecule has 0 fully saturated rings. The van der Waals surface area contributed by atoms with E-state index < -0.39 is 5.41 Å². The Balaban J connectivity index is 0.889. The first kappa shape index (κ1) is 38.7. The molecule has 2 nitrogen and oxygen atoms in total. The number of para-hydroxylation sites is 2. The lowest BCUT2D eigenvalue weighted by atomic mass is 9.68. The molecule has 314 valence electrons. The molecule has 11 aromatic carbocycles. The molecule has 0 saturated heterocycles. The Morgan fingerprint density at radius 1 is 0.313 bits per heavy atom. The molecule has 0 unspecified atom stereocenters. The Morgan fingerprint density at radius 3 is 1.64 bits per heavy atom. The fraction of sp³-hybridized carbons (Fsp3) is 0.0154. The number of fused-ring (bicyclic) bond motifs is 7. The van der Waals surface area contributed by atoms with Crippen LogP contribution in [0.4, 0.5) is 17.1 Å². The highest BCUT2D eigenvalue weighted by Crippen LogP contribution is 2.56. The maximum atomic E-state index is 2.46. The lowest BCUT2D eigenvalue weighted by Crippen LogP contribution is -2.28. The van der Waals surface area contributed by atoms with E-state index in [9.17, 15) is 0 Å². The van der Waals surface area contributed by atoms with Crippen molar-refractivity contribution in [2.24, 2.45) is 0 Å². The Kier molecular flexibility index (Phi) is 9.11. The summed E-state index contributed by atoms with van der Waals surface area (Å²) in [5.41, 5.74) is 19.0. The molecule has 2 heteroatoms. The third-order valence-corrected chi connectivity index (χ3v) is 14.0. The second-order valence-corrected chi connectivity index (χ2v) is 17.6. The predicted molar refractivity (Wildman–Crippen MR) is 281 cm³/mol. The van der Waals surface area contributed by atoms with Crippen LogP contribution in [0, 0.1) is 0 Å². The van der Waals surface area contributed by atoms with Crippen molar-refractivity contribution in [3.63, 3.8) is 0 Å². The zero-order valence-corrected chi connectivity index (χ0v) is 36.8. The molecule has 1 aliphatic rings. The number of nitrogens with zero attached hydrogens (tertiary/aromatic N) is 2. The summed E-state index contributed by atoms with van der Waals surface area (Å²) >= 11 is 0. The van der Waals surface area contributed by atoms with Crippen LogP contribution in [-0.2, 0) is 5.41 Å². The summed E-state index contributed by atoms with van der Waals surface area (Å²) in [6.07, 6.45) is 0. The topological polar surface area (TPSA) is 8.17 Å². The highest BCUT2D eigenvalue weighted by Gasteiger charge is 2.46. The van der Waals surface area contributed by atoms with E-state index >= 15 is 0 Å². The van der Waals surface area contributed by atoms with Gasteiger partial charge in [0.15, 0.2) is 0 Å². The van der Waals surface area contributed by atoms with Gasteiger partial charge in [0, 0.05) is 33.2 Å². The van der Waals surface area contributed by atoms with Crippen molar-refractivity contribution in [3.8, 4) is 39.1 Å². The minimum Gasteiger partial charge on any atom is -0.310 e. The number of rotatable bonds is 8. The molecule has 0 saturated carbocycles. The van der Waals surface area contributed by atoms with E-state index in [1.807, 2.05) is 0 Å². The summed E-state index contributed by atoms with van der Waals surface area (Å²) in [6, 6.07) is 97.9. The van der Waals surface area contributed by atoms with E-state index in [0.29, 0.717) is 0 Å². The van der Waals surface area contributed by atoms with Gasteiger partial charge in [-0.1, -0.05) is 200 Å². The van der Waals surface area contributed by atoms with Gasteiger partial charge in [-0.05, 0) is 128 Å². The standard InChI is InChI=1S/C65H44N2/c1-4-22-50(23-5-1)65(51-24-6-2-7-25-51)60-31-14-12-29-56(60)58-44-54(39-40-61(58)65)67-63-32-15-13-30-57(63)59-43-49(36-41-64(59)67)48-21-16-20-47(42-48)45-34-37-53(38-35-45)66(52-26-8-3-9-27-52)62-33-17-19-46-18-10-11-28-55(46)62/h1-44H. The first-order valence-electron chi connectivity index (χ1n) is 23.2. The third-order valence-electron chi connectivity index (χ3n) is 14.0. The summed E-state index contributed by atoms with van der Waals surface area (Å²) in [7, 11) is 0. The quantitative estimate of drug-likeness (QED) is 0.148. The van der Waals surface area contributed by atoms with Crippen molar-refractivity contribution < 1.29 is 0 Å². The van der Waals surface area contributed by atoms with Gasteiger partial charge in [0.25, 0.3) is 0 Å². The fourth-order valence-corrected chi connectivity index (χ4v) is 11.1. The SMILES string of the molecule is c1ccc(N(c2ccc(-c3cccc(-c4ccc5c(c4)c4ccccc4n5-c4ccc5c(c4)-c4ccccc4C5(c4ccccc4)c4ccccc4)c3)cc2)c2cccc3ccccc23)cc1. The van der Waals surface area contributed by atoms with Crippen LogP contribution in [0.25, 0.3) is 71.6 Å². The lowest BCUT2D eigenvalue weighted by Gasteiger charge is -2.33. The van der Waals surface area contributed by atoms with Gasteiger partial charge in [-0.3, -0.25) is 0 Å². The van der Waals surface area contributed by atoms with Gasteiger partial charge in [-0.25, -0.2) is 0 Å². The molecular weight excluding hydrogens is 809 g/mol. The average Bonchev–Trinajstić information content (AvgIpc) is 3.90. The van der Waals surface area contributed by atoms with Gasteiger partial charge in [0.1, 0.15) is 0 Å². The monoisotopic (exact) mass is 852 g/mol. The van der Waals surface area contributed by atoms with Crippen molar-refractivity contribution in [2.75, 3.05) is 4.90 Å². The average molecular weight is 853 g/mol. The van der Waals surface area contributed by atoms with Gasteiger partial charge in [0.05, 0.1) is 22.1 Å². The summed E-state index contributed by atoms with van der Waals surface area (Å²) in [5, 5.41) is 4.92. The first-order chi connectivity index (χ1) is 33.2. The van der Waals surface area contributed by atoms with Crippen molar-refractivity contribution in [2.45, 2.75) is 5.41 Å². The first-order valence-corrected chi connectivity index (χ1v) is 23.2. The Labute approximate surface area is 390 Å². The summed E-state index contributed by atoms with van der Waals surface area (Å²) < 4.78 is 2.46. The lowest BCUT2D eigenvalue weighted by molar-refractivity contribution is 0.768. The zero-order valence-electron chi connectivity index (χ0n) is 36.8. The largest absolute Gasteiger partial charge is 0.310 e. The van der Waals surface area contributed by atoms with Crippen LogP contribution >= 0.6 is 0 Å². The van der Waals surface area contributed by atoms with Gasteiger partial charge in [-0.2, -0.15) is 0 Å². The number of hydrogen-bond donors (Lipinski definition) is 0. The fourth-order valence-electron chi connectivity index (χ4n) is 11.1. The predicted octanol–water partition coefficient (Wildman–Crippen LogP) is 17.1. The molecule has 0 radical (unpaired) electrons. The molecule has 13 rings (SSSR count). The van der Waals surface area contributed by atoms with E-state index in [4.69, 9.17) is 0 Å².